The van der Waals surface area contributed by atoms with Crippen molar-refractivity contribution in [3.8, 4) is 11.5 Å². The summed E-state index contributed by atoms with van der Waals surface area (Å²) in [5, 5.41) is 2.79. The quantitative estimate of drug-likeness (QED) is 0.381. The van der Waals surface area contributed by atoms with Crippen molar-refractivity contribution < 1.29 is 27.4 Å². The van der Waals surface area contributed by atoms with Crippen molar-refractivity contribution in [3.63, 3.8) is 0 Å². The van der Waals surface area contributed by atoms with Gasteiger partial charge >= 0.3 is 6.18 Å². The summed E-state index contributed by atoms with van der Waals surface area (Å²) in [4.78, 5) is 15.4. The van der Waals surface area contributed by atoms with Gasteiger partial charge in [-0.1, -0.05) is 42.5 Å². The monoisotopic (exact) mass is 500 g/mol. The highest BCUT2D eigenvalue weighted by atomic mass is 19.4. The smallest absolute Gasteiger partial charge is 0.416 e. The minimum absolute atomic E-state index is 0.196. The molecule has 1 amide bonds. The van der Waals surface area contributed by atoms with E-state index in [2.05, 4.69) is 5.32 Å². The summed E-state index contributed by atoms with van der Waals surface area (Å²) in [5.74, 6) is 0.889. The van der Waals surface area contributed by atoms with Gasteiger partial charge in [0.25, 0.3) is 0 Å². The Hall–Kier alpha value is -3.68. The Bertz CT molecular complexity index is 1150. The van der Waals surface area contributed by atoms with E-state index < -0.39 is 17.3 Å². The number of hydrogen-bond donors (Lipinski definition) is 1. The number of benzene rings is 3. The molecule has 0 aliphatic heterocycles. The molecule has 3 aromatic carbocycles. The van der Waals surface area contributed by atoms with Crippen LogP contribution in [0.15, 0.2) is 72.8 Å². The zero-order valence-corrected chi connectivity index (χ0v) is 20.9. The van der Waals surface area contributed by atoms with Gasteiger partial charge < -0.3 is 19.7 Å². The van der Waals surface area contributed by atoms with E-state index in [4.69, 9.17) is 9.47 Å². The number of ether oxygens (including phenoxy) is 2. The standard InChI is InChI=1S/C28H31F3N2O3/c1-27(26(34)32-2,21-10-6-5-7-11-21)33(23-16-17-24(35-3)25(19-23)36-4)18-8-9-20-12-14-22(15-13-20)28(29,30)31/h5-7,10-17,19H,8-9,18H2,1-4H3,(H,32,34)/t27-/m0/s1. The van der Waals surface area contributed by atoms with Crippen molar-refractivity contribution in [3.05, 3.63) is 89.5 Å². The number of methoxy groups -OCH3 is 2. The zero-order chi connectivity index (χ0) is 26.3. The molecular formula is C28H31F3N2O3. The molecule has 36 heavy (non-hydrogen) atoms. The molecule has 0 saturated heterocycles. The number of nitrogens with one attached hydrogen (secondary N) is 1. The van der Waals surface area contributed by atoms with Crippen molar-refractivity contribution in [2.45, 2.75) is 31.5 Å². The number of amides is 1. The third-order valence-electron chi connectivity index (χ3n) is 6.35. The average molecular weight is 501 g/mol. The lowest BCUT2D eigenvalue weighted by molar-refractivity contribution is -0.137. The van der Waals surface area contributed by atoms with Gasteiger partial charge in [-0.15, -0.1) is 0 Å². The number of likely N-dealkylation sites (N-methyl/N-ethyl adjacent to an activating group) is 1. The number of hydrogen-bond acceptors (Lipinski definition) is 4. The van der Waals surface area contributed by atoms with Crippen LogP contribution in [0.4, 0.5) is 18.9 Å². The predicted molar refractivity (Wildman–Crippen MR) is 135 cm³/mol. The van der Waals surface area contributed by atoms with Crippen LogP contribution < -0.4 is 19.7 Å². The molecule has 8 heteroatoms. The third kappa shape index (κ3) is 5.75. The van der Waals surface area contributed by atoms with Crippen LogP contribution in [0.3, 0.4) is 0 Å². The summed E-state index contributed by atoms with van der Waals surface area (Å²) < 4.78 is 49.6. The molecule has 5 nitrogen and oxygen atoms in total. The molecule has 0 heterocycles. The van der Waals surface area contributed by atoms with E-state index >= 15 is 0 Å². The molecule has 3 rings (SSSR count). The van der Waals surface area contributed by atoms with E-state index in [9.17, 15) is 18.0 Å². The van der Waals surface area contributed by atoms with Gasteiger partial charge in [0.1, 0.15) is 5.54 Å². The number of alkyl halides is 3. The lowest BCUT2D eigenvalue weighted by atomic mass is 9.87. The van der Waals surface area contributed by atoms with Crippen LogP contribution in [0, 0.1) is 0 Å². The fourth-order valence-electron chi connectivity index (χ4n) is 4.32. The fourth-order valence-corrected chi connectivity index (χ4v) is 4.32. The molecule has 0 aliphatic rings. The summed E-state index contributed by atoms with van der Waals surface area (Å²) in [6.45, 7) is 2.31. The lowest BCUT2D eigenvalue weighted by Crippen LogP contribution is -2.54. The van der Waals surface area contributed by atoms with E-state index in [-0.39, 0.29) is 5.91 Å². The van der Waals surface area contributed by atoms with E-state index in [1.54, 1.807) is 27.3 Å². The van der Waals surface area contributed by atoms with Crippen molar-refractivity contribution in [1.29, 1.82) is 0 Å². The Kier molecular flexibility index (Phi) is 8.50. The van der Waals surface area contributed by atoms with Crippen molar-refractivity contribution in [2.75, 3.05) is 32.7 Å². The average Bonchev–Trinajstić information content (AvgIpc) is 2.90. The fraction of sp³-hybridized carbons (Fsp3) is 0.321. The normalized spacial score (nSPS) is 13.0. The first-order valence-corrected chi connectivity index (χ1v) is 11.6. The van der Waals surface area contributed by atoms with Crippen molar-refractivity contribution >= 4 is 11.6 Å². The highest BCUT2D eigenvalue weighted by Crippen LogP contribution is 2.38. The summed E-state index contributed by atoms with van der Waals surface area (Å²) in [5.41, 5.74) is 0.588. The van der Waals surface area contributed by atoms with Crippen LogP contribution in [-0.4, -0.2) is 33.7 Å². The van der Waals surface area contributed by atoms with Crippen LogP contribution in [0.2, 0.25) is 0 Å². The Labute approximate surface area is 209 Å². The SMILES string of the molecule is CNC(=O)[C@](C)(c1ccccc1)N(CCCc1ccc(C(F)(F)F)cc1)c1ccc(OC)c(OC)c1. The first-order chi connectivity index (χ1) is 17.1. The van der Waals surface area contributed by atoms with Gasteiger partial charge in [-0.25, -0.2) is 0 Å². The molecule has 0 fully saturated rings. The van der Waals surface area contributed by atoms with Crippen LogP contribution in [0.1, 0.15) is 30.0 Å². The molecule has 0 aromatic heterocycles. The topological polar surface area (TPSA) is 50.8 Å². The minimum atomic E-state index is -4.37. The Morgan fingerprint density at radius 1 is 0.889 bits per heavy atom. The maximum absolute atomic E-state index is 13.4. The zero-order valence-electron chi connectivity index (χ0n) is 20.9. The second-order valence-electron chi connectivity index (χ2n) is 8.51. The highest BCUT2D eigenvalue weighted by Gasteiger charge is 2.41. The number of carbonyl (C=O) groups excluding carboxylic acids is 1. The molecule has 0 radical (unpaired) electrons. The third-order valence-corrected chi connectivity index (χ3v) is 6.35. The molecular weight excluding hydrogens is 469 g/mol. The molecule has 1 atom stereocenters. The summed E-state index contributed by atoms with van der Waals surface area (Å²) in [6.07, 6.45) is -3.23. The first-order valence-electron chi connectivity index (χ1n) is 11.6. The minimum Gasteiger partial charge on any atom is -0.493 e. The van der Waals surface area contributed by atoms with Gasteiger partial charge in [0.2, 0.25) is 5.91 Å². The summed E-state index contributed by atoms with van der Waals surface area (Å²) >= 11 is 0. The van der Waals surface area contributed by atoms with E-state index in [0.29, 0.717) is 30.9 Å². The van der Waals surface area contributed by atoms with Gasteiger partial charge in [0.05, 0.1) is 19.8 Å². The molecule has 1 N–H and O–H groups in total. The Morgan fingerprint density at radius 2 is 1.53 bits per heavy atom. The molecule has 0 aliphatic carbocycles. The van der Waals surface area contributed by atoms with Crippen LogP contribution >= 0.6 is 0 Å². The van der Waals surface area contributed by atoms with Crippen molar-refractivity contribution in [2.24, 2.45) is 0 Å². The van der Waals surface area contributed by atoms with Crippen LogP contribution in [-0.2, 0) is 22.9 Å². The molecule has 3 aromatic rings. The van der Waals surface area contributed by atoms with Crippen LogP contribution in [0.5, 0.6) is 11.5 Å². The summed E-state index contributed by atoms with van der Waals surface area (Å²) in [6, 6.07) is 20.1. The van der Waals surface area contributed by atoms with Crippen LogP contribution in [0.25, 0.3) is 0 Å². The van der Waals surface area contributed by atoms with E-state index in [1.165, 1.54) is 12.1 Å². The first kappa shape index (κ1) is 26.9. The largest absolute Gasteiger partial charge is 0.493 e. The Balaban J connectivity index is 1.98. The number of carbonyl (C=O) groups is 1. The highest BCUT2D eigenvalue weighted by molar-refractivity contribution is 5.91. The maximum atomic E-state index is 13.4. The molecule has 0 spiro atoms. The number of anilines is 1. The van der Waals surface area contributed by atoms with E-state index in [0.717, 1.165) is 28.9 Å². The lowest BCUT2D eigenvalue weighted by Gasteiger charge is -2.42. The molecule has 0 unspecified atom stereocenters. The van der Waals surface area contributed by atoms with Gasteiger partial charge in [0.15, 0.2) is 11.5 Å². The van der Waals surface area contributed by atoms with Gasteiger partial charge in [-0.05, 0) is 55.2 Å². The molecule has 0 bridgehead atoms. The second kappa shape index (κ2) is 11.4. The number of nitrogens with zero attached hydrogens (tertiary/aromatic N) is 1. The predicted octanol–water partition coefficient (Wildman–Crippen LogP) is 5.82. The second-order valence-corrected chi connectivity index (χ2v) is 8.51. The van der Waals surface area contributed by atoms with Gasteiger partial charge in [-0.2, -0.15) is 13.2 Å². The van der Waals surface area contributed by atoms with Crippen molar-refractivity contribution in [1.82, 2.24) is 5.32 Å². The number of aryl methyl sites for hydroxylation is 1. The molecule has 192 valence electrons. The van der Waals surface area contributed by atoms with Gasteiger partial charge in [-0.3, -0.25) is 4.79 Å². The van der Waals surface area contributed by atoms with Gasteiger partial charge in [0, 0.05) is 25.3 Å². The summed E-state index contributed by atoms with van der Waals surface area (Å²) in [7, 11) is 4.70. The number of halogens is 3. The Morgan fingerprint density at radius 3 is 2.08 bits per heavy atom. The number of rotatable bonds is 10. The maximum Gasteiger partial charge on any atom is 0.416 e. The van der Waals surface area contributed by atoms with E-state index in [1.807, 2.05) is 54.3 Å². The molecule has 0 saturated carbocycles.